The monoisotopic (exact) mass is 379 g/mol. The van der Waals surface area contributed by atoms with Crippen molar-refractivity contribution in [2.75, 3.05) is 37.8 Å². The van der Waals surface area contributed by atoms with E-state index in [4.69, 9.17) is 0 Å². The van der Waals surface area contributed by atoms with Gasteiger partial charge in [-0.05, 0) is 38.4 Å². The number of anilines is 3. The third-order valence-corrected chi connectivity index (χ3v) is 3.88. The lowest BCUT2D eigenvalue weighted by atomic mass is 10.2. The van der Waals surface area contributed by atoms with Crippen molar-refractivity contribution in [3.05, 3.63) is 65.0 Å². The second-order valence-corrected chi connectivity index (χ2v) is 6.36. The summed E-state index contributed by atoms with van der Waals surface area (Å²) in [6.07, 6.45) is 3.44. The number of likely N-dealkylation sites (N-methyl/N-ethyl adjacent to an activating group) is 1. The standard InChI is InChI=1S/C19H21N7O2/c1-25(2)11-10-21-19-23-17(14-4-3-9-20-13-14)12-18(24-19)22-15-5-7-16(8-6-15)26(27)28/h3-9,12-13H,10-11H2,1-2H3,(H2,21,22,23,24). The van der Waals surface area contributed by atoms with Gasteiger partial charge in [0.15, 0.2) is 0 Å². The molecule has 9 nitrogen and oxygen atoms in total. The zero-order valence-electron chi connectivity index (χ0n) is 15.7. The number of aromatic nitrogens is 3. The molecule has 0 aliphatic carbocycles. The maximum Gasteiger partial charge on any atom is 0.269 e. The number of hydrogen-bond donors (Lipinski definition) is 2. The second kappa shape index (κ2) is 8.87. The van der Waals surface area contributed by atoms with Crippen LogP contribution in [0.25, 0.3) is 11.3 Å². The summed E-state index contributed by atoms with van der Waals surface area (Å²) in [6, 6.07) is 11.8. The van der Waals surface area contributed by atoms with Crippen LogP contribution in [0.15, 0.2) is 54.9 Å². The topological polar surface area (TPSA) is 109 Å². The van der Waals surface area contributed by atoms with Crippen LogP contribution in [0.4, 0.5) is 23.1 Å². The number of nitrogens with zero attached hydrogens (tertiary/aromatic N) is 5. The summed E-state index contributed by atoms with van der Waals surface area (Å²) < 4.78 is 0. The van der Waals surface area contributed by atoms with Gasteiger partial charge in [0.25, 0.3) is 5.69 Å². The number of nitro benzene ring substituents is 1. The molecule has 1 aromatic carbocycles. The summed E-state index contributed by atoms with van der Waals surface area (Å²) in [7, 11) is 3.99. The van der Waals surface area contributed by atoms with E-state index in [9.17, 15) is 10.1 Å². The molecule has 0 amide bonds. The van der Waals surface area contributed by atoms with Crippen molar-refractivity contribution in [2.45, 2.75) is 0 Å². The van der Waals surface area contributed by atoms with Crippen LogP contribution in [0, 0.1) is 10.1 Å². The average molecular weight is 379 g/mol. The van der Waals surface area contributed by atoms with E-state index in [0.29, 0.717) is 24.0 Å². The molecule has 0 unspecified atom stereocenters. The Hall–Kier alpha value is -3.59. The largest absolute Gasteiger partial charge is 0.353 e. The number of nitrogens with one attached hydrogen (secondary N) is 2. The molecular weight excluding hydrogens is 358 g/mol. The molecule has 3 aromatic rings. The Labute approximate surface area is 162 Å². The van der Waals surface area contributed by atoms with Crippen molar-refractivity contribution in [3.8, 4) is 11.3 Å². The molecule has 0 fully saturated rings. The van der Waals surface area contributed by atoms with Gasteiger partial charge in [-0.3, -0.25) is 15.1 Å². The SMILES string of the molecule is CN(C)CCNc1nc(Nc2ccc([N+](=O)[O-])cc2)cc(-c2cccnc2)n1. The maximum atomic E-state index is 10.8. The predicted molar refractivity (Wildman–Crippen MR) is 109 cm³/mol. The minimum atomic E-state index is -0.429. The molecule has 2 aromatic heterocycles. The first-order chi connectivity index (χ1) is 13.5. The Kier molecular flexibility index (Phi) is 6.07. The van der Waals surface area contributed by atoms with Gasteiger partial charge in [-0.15, -0.1) is 0 Å². The van der Waals surface area contributed by atoms with E-state index in [2.05, 4.69) is 30.5 Å². The number of pyridine rings is 1. The lowest BCUT2D eigenvalue weighted by Crippen LogP contribution is -2.21. The summed E-state index contributed by atoms with van der Waals surface area (Å²) in [5.41, 5.74) is 2.32. The Bertz CT molecular complexity index is 931. The molecule has 2 N–H and O–H groups in total. The molecular formula is C19H21N7O2. The summed E-state index contributed by atoms with van der Waals surface area (Å²) >= 11 is 0. The van der Waals surface area contributed by atoms with Gasteiger partial charge in [0.2, 0.25) is 5.95 Å². The molecule has 0 atom stereocenters. The van der Waals surface area contributed by atoms with Crippen molar-refractivity contribution >= 4 is 23.1 Å². The van der Waals surface area contributed by atoms with E-state index in [0.717, 1.165) is 17.8 Å². The predicted octanol–water partition coefficient (Wildman–Crippen LogP) is 3.16. The molecule has 144 valence electrons. The summed E-state index contributed by atoms with van der Waals surface area (Å²) in [6.45, 7) is 1.53. The van der Waals surface area contributed by atoms with Gasteiger partial charge in [0.05, 0.1) is 10.6 Å². The van der Waals surface area contributed by atoms with E-state index in [1.807, 2.05) is 32.3 Å². The molecule has 0 radical (unpaired) electrons. The fourth-order valence-electron chi connectivity index (χ4n) is 2.46. The third kappa shape index (κ3) is 5.21. The zero-order valence-corrected chi connectivity index (χ0v) is 15.7. The van der Waals surface area contributed by atoms with E-state index in [-0.39, 0.29) is 5.69 Å². The lowest BCUT2D eigenvalue weighted by molar-refractivity contribution is -0.384. The van der Waals surface area contributed by atoms with Gasteiger partial charge in [-0.1, -0.05) is 0 Å². The van der Waals surface area contributed by atoms with Gasteiger partial charge in [0.1, 0.15) is 5.82 Å². The second-order valence-electron chi connectivity index (χ2n) is 6.36. The van der Waals surface area contributed by atoms with Crippen molar-refractivity contribution in [1.82, 2.24) is 19.9 Å². The molecule has 28 heavy (non-hydrogen) atoms. The fraction of sp³-hybridized carbons (Fsp3) is 0.211. The lowest BCUT2D eigenvalue weighted by Gasteiger charge is -2.13. The Morgan fingerprint density at radius 1 is 1.14 bits per heavy atom. The molecule has 9 heteroatoms. The highest BCUT2D eigenvalue weighted by atomic mass is 16.6. The van der Waals surface area contributed by atoms with Crippen LogP contribution >= 0.6 is 0 Å². The summed E-state index contributed by atoms with van der Waals surface area (Å²) in [5.74, 6) is 1.07. The summed E-state index contributed by atoms with van der Waals surface area (Å²) in [4.78, 5) is 25.7. The van der Waals surface area contributed by atoms with E-state index >= 15 is 0 Å². The van der Waals surface area contributed by atoms with Crippen LogP contribution in [0.3, 0.4) is 0 Å². The molecule has 0 saturated heterocycles. The van der Waals surface area contributed by atoms with Crippen LogP contribution in [0.1, 0.15) is 0 Å². The average Bonchev–Trinajstić information content (AvgIpc) is 2.68. The van der Waals surface area contributed by atoms with Crippen LogP contribution < -0.4 is 10.6 Å². The van der Waals surface area contributed by atoms with Gasteiger partial charge >= 0.3 is 0 Å². The molecule has 0 saturated carbocycles. The molecule has 0 bridgehead atoms. The van der Waals surface area contributed by atoms with E-state index < -0.39 is 4.92 Å². The third-order valence-electron chi connectivity index (χ3n) is 3.88. The van der Waals surface area contributed by atoms with Crippen molar-refractivity contribution in [3.63, 3.8) is 0 Å². The van der Waals surface area contributed by atoms with Crippen LogP contribution in [0.5, 0.6) is 0 Å². The van der Waals surface area contributed by atoms with Crippen molar-refractivity contribution in [2.24, 2.45) is 0 Å². The Morgan fingerprint density at radius 3 is 2.57 bits per heavy atom. The van der Waals surface area contributed by atoms with Crippen LogP contribution in [-0.4, -0.2) is 52.0 Å². The first-order valence-electron chi connectivity index (χ1n) is 8.71. The fourth-order valence-corrected chi connectivity index (χ4v) is 2.46. The Morgan fingerprint density at radius 2 is 1.93 bits per heavy atom. The molecule has 0 aliphatic rings. The normalized spacial score (nSPS) is 10.7. The quantitative estimate of drug-likeness (QED) is 0.454. The first-order valence-corrected chi connectivity index (χ1v) is 8.71. The van der Waals surface area contributed by atoms with Crippen LogP contribution in [0.2, 0.25) is 0 Å². The number of nitro groups is 1. The first kappa shape index (κ1) is 19.2. The minimum absolute atomic E-state index is 0.0373. The highest BCUT2D eigenvalue weighted by molar-refractivity contribution is 5.67. The summed E-state index contributed by atoms with van der Waals surface area (Å²) in [5, 5.41) is 17.2. The number of hydrogen-bond acceptors (Lipinski definition) is 8. The molecule has 0 aliphatic heterocycles. The molecule has 0 spiro atoms. The highest BCUT2D eigenvalue weighted by Crippen LogP contribution is 2.24. The molecule has 3 rings (SSSR count). The number of benzene rings is 1. The number of non-ortho nitro benzene ring substituents is 1. The highest BCUT2D eigenvalue weighted by Gasteiger charge is 2.09. The van der Waals surface area contributed by atoms with Gasteiger partial charge < -0.3 is 15.5 Å². The van der Waals surface area contributed by atoms with E-state index in [1.54, 1.807) is 24.5 Å². The maximum absolute atomic E-state index is 10.8. The zero-order chi connectivity index (χ0) is 19.9. The Balaban J connectivity index is 1.86. The smallest absolute Gasteiger partial charge is 0.269 e. The van der Waals surface area contributed by atoms with Crippen molar-refractivity contribution in [1.29, 1.82) is 0 Å². The van der Waals surface area contributed by atoms with Gasteiger partial charge in [-0.25, -0.2) is 4.98 Å². The molecule has 2 heterocycles. The number of rotatable bonds is 8. The van der Waals surface area contributed by atoms with Gasteiger partial charge in [-0.2, -0.15) is 4.98 Å². The van der Waals surface area contributed by atoms with Crippen molar-refractivity contribution < 1.29 is 4.92 Å². The minimum Gasteiger partial charge on any atom is -0.353 e. The van der Waals surface area contributed by atoms with Crippen LogP contribution in [-0.2, 0) is 0 Å². The van der Waals surface area contributed by atoms with Gasteiger partial charge in [0, 0.05) is 54.9 Å². The van der Waals surface area contributed by atoms with E-state index in [1.165, 1.54) is 12.1 Å².